The van der Waals surface area contributed by atoms with E-state index in [9.17, 15) is 13.2 Å². The van der Waals surface area contributed by atoms with Gasteiger partial charge in [0, 0.05) is 5.69 Å². The maximum absolute atomic E-state index is 12.1. The van der Waals surface area contributed by atoms with Crippen molar-refractivity contribution in [1.82, 2.24) is 9.71 Å². The van der Waals surface area contributed by atoms with Crippen molar-refractivity contribution in [2.45, 2.75) is 24.1 Å². The molecule has 2 rings (SSSR count). The third kappa shape index (κ3) is 2.55. The lowest BCUT2D eigenvalue weighted by atomic mass is 10.3. The second-order valence-electron chi connectivity index (χ2n) is 3.79. The topological polar surface area (TPSA) is 92.2 Å². The summed E-state index contributed by atoms with van der Waals surface area (Å²) in [6.07, 6.45) is 1.47. The molecular weight excluding hydrogens is 276 g/mol. The molecule has 98 valence electrons. The summed E-state index contributed by atoms with van der Waals surface area (Å²) in [4.78, 5) is 13.2. The molecule has 0 saturated carbocycles. The number of aryl methyl sites for hydroxylation is 1. The number of furan rings is 1. The lowest BCUT2D eigenvalue weighted by Crippen LogP contribution is -2.26. The molecule has 0 amide bonds. The molecule has 0 saturated heterocycles. The van der Waals surface area contributed by atoms with Gasteiger partial charge in [0.25, 0.3) is 10.0 Å². The van der Waals surface area contributed by atoms with E-state index in [0.29, 0.717) is 22.8 Å². The molecule has 6 nitrogen and oxygen atoms in total. The predicted molar refractivity (Wildman–Crippen MR) is 67.1 cm³/mol. The van der Waals surface area contributed by atoms with E-state index in [1.165, 1.54) is 6.26 Å². The Labute approximate surface area is 108 Å². The van der Waals surface area contributed by atoms with Crippen LogP contribution >= 0.6 is 11.3 Å². The molecule has 18 heavy (non-hydrogen) atoms. The average molecular weight is 288 g/mol. The van der Waals surface area contributed by atoms with E-state index in [1.54, 1.807) is 26.0 Å². The van der Waals surface area contributed by atoms with Crippen molar-refractivity contribution in [3.8, 4) is 0 Å². The molecule has 0 bridgehead atoms. The highest BCUT2D eigenvalue weighted by molar-refractivity contribution is 7.91. The van der Waals surface area contributed by atoms with Gasteiger partial charge >= 0.3 is 4.87 Å². The van der Waals surface area contributed by atoms with Crippen LogP contribution in [-0.2, 0) is 10.0 Å². The average Bonchev–Trinajstić information content (AvgIpc) is 2.86. The summed E-state index contributed by atoms with van der Waals surface area (Å²) in [6.45, 7) is 3.21. The number of H-pyrrole nitrogens is 1. The molecule has 0 aromatic carbocycles. The number of thiazole rings is 1. The highest BCUT2D eigenvalue weighted by Gasteiger charge is 2.24. The minimum atomic E-state index is -3.72. The zero-order valence-corrected chi connectivity index (χ0v) is 11.4. The fourth-order valence-electron chi connectivity index (χ4n) is 1.53. The first-order valence-electron chi connectivity index (χ1n) is 5.15. The van der Waals surface area contributed by atoms with Gasteiger partial charge in [-0.2, -0.15) is 4.72 Å². The van der Waals surface area contributed by atoms with Crippen LogP contribution in [-0.4, -0.2) is 13.4 Å². The third-order valence-electron chi connectivity index (χ3n) is 2.33. The van der Waals surface area contributed by atoms with E-state index in [2.05, 4.69) is 9.71 Å². The minimum Gasteiger partial charge on any atom is -0.468 e. The minimum absolute atomic E-state index is 0.00547. The summed E-state index contributed by atoms with van der Waals surface area (Å²) >= 11 is 0.668. The van der Waals surface area contributed by atoms with Crippen molar-refractivity contribution in [3.63, 3.8) is 0 Å². The Kier molecular flexibility index (Phi) is 3.42. The predicted octanol–water partition coefficient (Wildman–Crippen LogP) is 1.38. The second kappa shape index (κ2) is 4.71. The van der Waals surface area contributed by atoms with Gasteiger partial charge in [0.1, 0.15) is 5.76 Å². The van der Waals surface area contributed by atoms with Crippen LogP contribution in [0.5, 0.6) is 0 Å². The van der Waals surface area contributed by atoms with Crippen LogP contribution in [0.15, 0.2) is 31.8 Å². The second-order valence-corrected chi connectivity index (χ2v) is 6.68. The molecule has 0 spiro atoms. The molecule has 0 aliphatic rings. The number of sulfonamides is 1. The molecule has 1 unspecified atom stereocenters. The monoisotopic (exact) mass is 288 g/mol. The molecule has 0 aliphatic heterocycles. The number of hydrogen-bond donors (Lipinski definition) is 2. The molecule has 0 radical (unpaired) electrons. The third-order valence-corrected chi connectivity index (χ3v) is 5.47. The zero-order chi connectivity index (χ0) is 13.3. The van der Waals surface area contributed by atoms with Gasteiger partial charge in [0.15, 0.2) is 4.21 Å². The van der Waals surface area contributed by atoms with Crippen molar-refractivity contribution in [3.05, 3.63) is 39.5 Å². The summed E-state index contributed by atoms with van der Waals surface area (Å²) in [5, 5.41) is 0. The van der Waals surface area contributed by atoms with Crippen LogP contribution < -0.4 is 9.60 Å². The number of aromatic nitrogens is 1. The van der Waals surface area contributed by atoms with Crippen LogP contribution in [0, 0.1) is 6.92 Å². The maximum atomic E-state index is 12.1. The van der Waals surface area contributed by atoms with Gasteiger partial charge < -0.3 is 9.40 Å². The SMILES string of the molecule is Cc1[nH]c(=O)sc1S(=O)(=O)NC(C)c1ccco1. The van der Waals surface area contributed by atoms with Gasteiger partial charge in [-0.3, -0.25) is 4.79 Å². The summed E-state index contributed by atoms with van der Waals surface area (Å²) in [6, 6.07) is 2.86. The molecule has 2 aromatic heterocycles. The van der Waals surface area contributed by atoms with Gasteiger partial charge in [0.05, 0.1) is 12.3 Å². The first kappa shape index (κ1) is 13.1. The first-order valence-corrected chi connectivity index (χ1v) is 7.45. The van der Waals surface area contributed by atoms with Crippen LogP contribution in [0.1, 0.15) is 24.4 Å². The fourth-order valence-corrected chi connectivity index (χ4v) is 4.06. The molecule has 8 heteroatoms. The molecule has 2 N–H and O–H groups in total. The smallest absolute Gasteiger partial charge is 0.305 e. The Bertz CT molecular complexity index is 682. The summed E-state index contributed by atoms with van der Waals surface area (Å²) in [7, 11) is -3.72. The lowest BCUT2D eigenvalue weighted by Gasteiger charge is -2.10. The number of aromatic amines is 1. The van der Waals surface area contributed by atoms with Gasteiger partial charge in [0.2, 0.25) is 0 Å². The Morgan fingerprint density at radius 2 is 2.22 bits per heavy atom. The Balaban J connectivity index is 2.28. The number of hydrogen-bond acceptors (Lipinski definition) is 5. The molecule has 2 aromatic rings. The Morgan fingerprint density at radius 1 is 1.50 bits per heavy atom. The maximum Gasteiger partial charge on any atom is 0.305 e. The number of rotatable bonds is 4. The van der Waals surface area contributed by atoms with Crippen LogP contribution in [0.4, 0.5) is 0 Å². The molecule has 0 fully saturated rings. The number of nitrogens with one attached hydrogen (secondary N) is 2. The van der Waals surface area contributed by atoms with Crippen LogP contribution in [0.3, 0.4) is 0 Å². The van der Waals surface area contributed by atoms with Gasteiger partial charge in [-0.1, -0.05) is 11.3 Å². The van der Waals surface area contributed by atoms with Crippen molar-refractivity contribution >= 4 is 21.4 Å². The van der Waals surface area contributed by atoms with Gasteiger partial charge in [-0.25, -0.2) is 8.42 Å². The summed E-state index contributed by atoms with van der Waals surface area (Å²) in [5.41, 5.74) is 0.337. The quantitative estimate of drug-likeness (QED) is 0.889. The van der Waals surface area contributed by atoms with E-state index in [1.807, 2.05) is 0 Å². The van der Waals surface area contributed by atoms with Gasteiger partial charge in [-0.05, 0) is 26.0 Å². The highest BCUT2D eigenvalue weighted by atomic mass is 32.2. The van der Waals surface area contributed by atoms with Crippen LogP contribution in [0.2, 0.25) is 0 Å². The van der Waals surface area contributed by atoms with Crippen molar-refractivity contribution in [2.24, 2.45) is 0 Å². The summed E-state index contributed by atoms with van der Waals surface area (Å²) < 4.78 is 31.7. The van der Waals surface area contributed by atoms with Crippen molar-refractivity contribution in [2.75, 3.05) is 0 Å². The largest absolute Gasteiger partial charge is 0.468 e. The Hall–Kier alpha value is -1.38. The fraction of sp³-hybridized carbons (Fsp3) is 0.300. The summed E-state index contributed by atoms with van der Waals surface area (Å²) in [5.74, 6) is 0.513. The van der Waals surface area contributed by atoms with Crippen LogP contribution in [0.25, 0.3) is 0 Å². The lowest BCUT2D eigenvalue weighted by molar-refractivity contribution is 0.459. The Morgan fingerprint density at radius 3 is 2.72 bits per heavy atom. The highest BCUT2D eigenvalue weighted by Crippen LogP contribution is 2.20. The molecule has 2 heterocycles. The van der Waals surface area contributed by atoms with E-state index in [-0.39, 0.29) is 4.21 Å². The van der Waals surface area contributed by atoms with E-state index >= 15 is 0 Å². The van der Waals surface area contributed by atoms with Crippen molar-refractivity contribution < 1.29 is 12.8 Å². The normalized spacial score (nSPS) is 13.7. The molecule has 0 aliphatic carbocycles. The van der Waals surface area contributed by atoms with E-state index in [4.69, 9.17) is 4.42 Å². The van der Waals surface area contributed by atoms with E-state index < -0.39 is 20.9 Å². The molecular formula is C10H12N2O4S2. The standard InChI is InChI=1S/C10H12N2O4S2/c1-6(8-4-3-5-16-8)12-18(14,15)9-7(2)11-10(13)17-9/h3-6,12H,1-2H3,(H,11,13). The molecule has 1 atom stereocenters. The first-order chi connectivity index (χ1) is 8.40. The van der Waals surface area contributed by atoms with Gasteiger partial charge in [-0.15, -0.1) is 0 Å². The van der Waals surface area contributed by atoms with E-state index in [0.717, 1.165) is 0 Å². The zero-order valence-electron chi connectivity index (χ0n) is 9.76. The van der Waals surface area contributed by atoms with Crippen molar-refractivity contribution in [1.29, 1.82) is 0 Å².